The Kier molecular flexibility index (Phi) is 7.77. The Hall–Kier alpha value is -3.42. The van der Waals surface area contributed by atoms with Crippen molar-refractivity contribution in [3.63, 3.8) is 0 Å². The van der Waals surface area contributed by atoms with Gasteiger partial charge in [0.05, 0.1) is 6.42 Å². The van der Waals surface area contributed by atoms with E-state index in [0.717, 1.165) is 55.7 Å². The standard InChI is InChI=1S/C26H32N4O4/c31-23(27-14-4-3-7-20-12-10-18-6-5-15-28-26(18)29-20)17-30-22-9-2-1-8-21(22)19(16-25(33)34)11-13-24(30)32/h1-2,8-10,12,19H,3-7,11,13-17H2,(H,27,31)(H,28,29)(H,33,34). The van der Waals surface area contributed by atoms with Crippen LogP contribution in [0.25, 0.3) is 0 Å². The Morgan fingerprint density at radius 3 is 2.85 bits per heavy atom. The predicted octanol–water partition coefficient (Wildman–Crippen LogP) is 3.26. The van der Waals surface area contributed by atoms with Crippen molar-refractivity contribution in [1.82, 2.24) is 10.3 Å². The van der Waals surface area contributed by atoms with Crippen molar-refractivity contribution in [1.29, 1.82) is 0 Å². The zero-order chi connectivity index (χ0) is 23.9. The first kappa shape index (κ1) is 23.7. The second-order valence-corrected chi connectivity index (χ2v) is 9.02. The van der Waals surface area contributed by atoms with Gasteiger partial charge < -0.3 is 20.6 Å². The third-order valence-electron chi connectivity index (χ3n) is 6.53. The van der Waals surface area contributed by atoms with Gasteiger partial charge >= 0.3 is 5.97 Å². The minimum Gasteiger partial charge on any atom is -0.481 e. The van der Waals surface area contributed by atoms with E-state index in [2.05, 4.69) is 22.8 Å². The molecule has 0 aliphatic carbocycles. The average molecular weight is 465 g/mol. The first-order valence-electron chi connectivity index (χ1n) is 12.1. The number of rotatable bonds is 9. The van der Waals surface area contributed by atoms with Crippen LogP contribution in [0.5, 0.6) is 0 Å². The largest absolute Gasteiger partial charge is 0.481 e. The Morgan fingerprint density at radius 2 is 2.00 bits per heavy atom. The minimum atomic E-state index is -0.889. The molecule has 0 spiro atoms. The molecule has 2 amide bonds. The molecule has 0 bridgehead atoms. The molecule has 0 fully saturated rings. The fourth-order valence-electron chi connectivity index (χ4n) is 4.76. The lowest BCUT2D eigenvalue weighted by atomic mass is 9.91. The van der Waals surface area contributed by atoms with Crippen LogP contribution < -0.4 is 15.5 Å². The maximum atomic E-state index is 12.8. The van der Waals surface area contributed by atoms with E-state index in [-0.39, 0.29) is 37.1 Å². The second kappa shape index (κ2) is 11.1. The molecule has 1 aromatic carbocycles. The molecule has 4 rings (SSSR count). The number of pyridine rings is 1. The van der Waals surface area contributed by atoms with Crippen LogP contribution in [0.4, 0.5) is 11.5 Å². The molecule has 2 aliphatic rings. The highest BCUT2D eigenvalue weighted by Gasteiger charge is 2.30. The summed E-state index contributed by atoms with van der Waals surface area (Å²) in [5.74, 6) is -0.484. The quantitative estimate of drug-likeness (QED) is 0.491. The number of para-hydroxylation sites is 1. The molecule has 8 heteroatoms. The Balaban J connectivity index is 1.27. The van der Waals surface area contributed by atoms with Crippen LogP contribution in [0.3, 0.4) is 0 Å². The number of fused-ring (bicyclic) bond motifs is 2. The number of aromatic nitrogens is 1. The Morgan fingerprint density at radius 1 is 1.15 bits per heavy atom. The van der Waals surface area contributed by atoms with E-state index in [0.29, 0.717) is 18.7 Å². The van der Waals surface area contributed by atoms with Crippen molar-refractivity contribution in [3.8, 4) is 0 Å². The number of carbonyl (C=O) groups is 3. The van der Waals surface area contributed by atoms with E-state index >= 15 is 0 Å². The van der Waals surface area contributed by atoms with Crippen molar-refractivity contribution in [2.45, 2.75) is 57.3 Å². The van der Waals surface area contributed by atoms with Gasteiger partial charge in [0.2, 0.25) is 11.8 Å². The summed E-state index contributed by atoms with van der Waals surface area (Å²) < 4.78 is 0. The molecule has 0 radical (unpaired) electrons. The van der Waals surface area contributed by atoms with Crippen LogP contribution in [-0.2, 0) is 27.2 Å². The normalized spacial score (nSPS) is 17.2. The smallest absolute Gasteiger partial charge is 0.303 e. The van der Waals surface area contributed by atoms with Crippen LogP contribution in [0.1, 0.15) is 61.3 Å². The predicted molar refractivity (Wildman–Crippen MR) is 130 cm³/mol. The minimum absolute atomic E-state index is 0.0283. The van der Waals surface area contributed by atoms with Crippen molar-refractivity contribution in [2.75, 3.05) is 29.9 Å². The molecule has 180 valence electrons. The first-order valence-corrected chi connectivity index (χ1v) is 12.1. The van der Waals surface area contributed by atoms with Gasteiger partial charge in [-0.2, -0.15) is 0 Å². The molecule has 3 heterocycles. The lowest BCUT2D eigenvalue weighted by molar-refractivity contribution is -0.137. The van der Waals surface area contributed by atoms with Gasteiger partial charge in [-0.15, -0.1) is 0 Å². The lowest BCUT2D eigenvalue weighted by Crippen LogP contribution is -2.41. The topological polar surface area (TPSA) is 112 Å². The molecule has 2 aliphatic heterocycles. The SMILES string of the molecule is O=C(O)CC1CCC(=O)N(CC(=O)NCCCCc2ccc3c(n2)NCCC3)c2ccccc21. The van der Waals surface area contributed by atoms with Crippen LogP contribution in [-0.4, -0.2) is 47.5 Å². The van der Waals surface area contributed by atoms with E-state index in [4.69, 9.17) is 4.98 Å². The number of aliphatic carboxylic acids is 1. The molecule has 8 nitrogen and oxygen atoms in total. The molecule has 3 N–H and O–H groups in total. The zero-order valence-electron chi connectivity index (χ0n) is 19.4. The summed E-state index contributed by atoms with van der Waals surface area (Å²) in [6, 6.07) is 11.5. The molecule has 1 unspecified atom stereocenters. The fraction of sp³-hybridized carbons (Fsp3) is 0.462. The number of carboxylic acid groups (broad SMARTS) is 1. The number of unbranched alkanes of at least 4 members (excludes halogenated alkanes) is 1. The van der Waals surface area contributed by atoms with Gasteiger partial charge in [0, 0.05) is 30.9 Å². The molecule has 34 heavy (non-hydrogen) atoms. The van der Waals surface area contributed by atoms with E-state index in [1.807, 2.05) is 18.2 Å². The zero-order valence-corrected chi connectivity index (χ0v) is 19.4. The van der Waals surface area contributed by atoms with Gasteiger partial charge in [-0.05, 0) is 67.7 Å². The third-order valence-corrected chi connectivity index (χ3v) is 6.53. The number of nitrogens with one attached hydrogen (secondary N) is 2. The monoisotopic (exact) mass is 464 g/mol. The molecule has 0 saturated heterocycles. The van der Waals surface area contributed by atoms with Gasteiger partial charge in [-0.3, -0.25) is 14.4 Å². The highest BCUT2D eigenvalue weighted by Crippen LogP contribution is 2.36. The summed E-state index contributed by atoms with van der Waals surface area (Å²) in [6.45, 7) is 1.45. The summed E-state index contributed by atoms with van der Waals surface area (Å²) in [4.78, 5) is 42.9. The summed E-state index contributed by atoms with van der Waals surface area (Å²) in [7, 11) is 0. The average Bonchev–Trinajstić information content (AvgIpc) is 2.96. The van der Waals surface area contributed by atoms with E-state index in [1.165, 1.54) is 10.5 Å². The molecule has 1 aromatic heterocycles. The third kappa shape index (κ3) is 5.92. The number of benzene rings is 1. The summed E-state index contributed by atoms with van der Waals surface area (Å²) in [5.41, 5.74) is 3.79. The maximum Gasteiger partial charge on any atom is 0.303 e. The summed E-state index contributed by atoms with van der Waals surface area (Å²) in [5, 5.41) is 15.5. The van der Waals surface area contributed by atoms with Crippen LogP contribution in [0, 0.1) is 0 Å². The number of hydrogen-bond acceptors (Lipinski definition) is 5. The molecule has 0 saturated carbocycles. The number of nitrogens with zero attached hydrogens (tertiary/aromatic N) is 2. The number of carbonyl (C=O) groups excluding carboxylic acids is 2. The summed E-state index contributed by atoms with van der Waals surface area (Å²) >= 11 is 0. The Bertz CT molecular complexity index is 1050. The number of anilines is 2. The van der Waals surface area contributed by atoms with Crippen molar-refractivity contribution in [2.24, 2.45) is 0 Å². The molecular weight excluding hydrogens is 432 g/mol. The van der Waals surface area contributed by atoms with Gasteiger partial charge in [-0.25, -0.2) is 4.98 Å². The van der Waals surface area contributed by atoms with Gasteiger partial charge in [-0.1, -0.05) is 24.3 Å². The lowest BCUT2D eigenvalue weighted by Gasteiger charge is -2.23. The van der Waals surface area contributed by atoms with Gasteiger partial charge in [0.25, 0.3) is 0 Å². The number of hydrogen-bond donors (Lipinski definition) is 3. The molecular formula is C26H32N4O4. The highest BCUT2D eigenvalue weighted by molar-refractivity contribution is 6.00. The maximum absolute atomic E-state index is 12.8. The van der Waals surface area contributed by atoms with Gasteiger partial charge in [0.1, 0.15) is 12.4 Å². The molecule has 2 aromatic rings. The Labute approximate surface area is 199 Å². The first-order chi connectivity index (χ1) is 16.5. The van der Waals surface area contributed by atoms with Crippen molar-refractivity contribution >= 4 is 29.3 Å². The van der Waals surface area contributed by atoms with E-state index in [1.54, 1.807) is 6.07 Å². The number of carboxylic acids is 1. The van der Waals surface area contributed by atoms with E-state index < -0.39 is 5.97 Å². The second-order valence-electron chi connectivity index (χ2n) is 9.02. The van der Waals surface area contributed by atoms with E-state index in [9.17, 15) is 19.5 Å². The summed E-state index contributed by atoms with van der Waals surface area (Å²) in [6.07, 6.45) is 5.47. The fourth-order valence-corrected chi connectivity index (χ4v) is 4.76. The van der Waals surface area contributed by atoms with Crippen LogP contribution in [0.2, 0.25) is 0 Å². The number of aryl methyl sites for hydroxylation is 2. The highest BCUT2D eigenvalue weighted by atomic mass is 16.4. The van der Waals surface area contributed by atoms with Gasteiger partial charge in [0.15, 0.2) is 0 Å². The van der Waals surface area contributed by atoms with Crippen molar-refractivity contribution < 1.29 is 19.5 Å². The number of amides is 2. The van der Waals surface area contributed by atoms with Crippen LogP contribution >= 0.6 is 0 Å². The van der Waals surface area contributed by atoms with Crippen LogP contribution in [0.15, 0.2) is 36.4 Å². The van der Waals surface area contributed by atoms with Crippen molar-refractivity contribution in [3.05, 3.63) is 53.2 Å². The molecule has 1 atom stereocenters.